The minimum absolute atomic E-state index is 0.116. The van der Waals surface area contributed by atoms with E-state index in [1.165, 1.54) is 77.0 Å². The van der Waals surface area contributed by atoms with E-state index in [9.17, 15) is 19.2 Å². The Morgan fingerprint density at radius 3 is 0.766 bits per heavy atom. The number of benzene rings is 5. The van der Waals surface area contributed by atoms with Gasteiger partial charge in [0.2, 0.25) is 0 Å². The molecule has 0 bridgehead atoms. The summed E-state index contributed by atoms with van der Waals surface area (Å²) >= 11 is 0. The van der Waals surface area contributed by atoms with Gasteiger partial charge in [0.15, 0.2) is 0 Å². The van der Waals surface area contributed by atoms with Gasteiger partial charge in [0.25, 0.3) is 23.6 Å². The molecule has 64 heavy (non-hydrogen) atoms. The number of carbonyl (C=O) groups is 4. The van der Waals surface area contributed by atoms with Crippen molar-refractivity contribution >= 4 is 66.7 Å². The first-order chi connectivity index (χ1) is 31.4. The molecule has 344 valence electrons. The molecule has 2 heterocycles. The number of rotatable bonds is 30. The molecule has 0 radical (unpaired) electrons. The minimum atomic E-state index is -0.176. The highest BCUT2D eigenvalue weighted by atomic mass is 16.2. The van der Waals surface area contributed by atoms with E-state index in [0.717, 1.165) is 146 Å². The average molecular weight is 867 g/mol. The summed E-state index contributed by atoms with van der Waals surface area (Å²) < 4.78 is 0. The van der Waals surface area contributed by atoms with Crippen molar-refractivity contribution in [3.05, 3.63) is 70.8 Å². The van der Waals surface area contributed by atoms with Gasteiger partial charge in [-0.2, -0.15) is 0 Å². The Labute approximate surface area is 384 Å². The fourth-order valence-electron chi connectivity index (χ4n) is 11.4. The van der Waals surface area contributed by atoms with E-state index in [1.807, 2.05) is 48.5 Å². The number of unbranched alkanes of at least 4 members (excludes halogenated alkanes) is 20. The maximum absolute atomic E-state index is 14.7. The lowest BCUT2D eigenvalue weighted by atomic mass is 9.81. The van der Waals surface area contributed by atoms with Crippen molar-refractivity contribution in [2.45, 2.75) is 220 Å². The summed E-state index contributed by atoms with van der Waals surface area (Å²) in [6, 6.07) is 15.7. The second-order valence-corrected chi connectivity index (χ2v) is 19.6. The lowest BCUT2D eigenvalue weighted by molar-refractivity contribution is 0.0501. The Morgan fingerprint density at radius 1 is 0.297 bits per heavy atom. The molecule has 2 atom stereocenters. The molecular weight excluding hydrogens is 789 g/mol. The van der Waals surface area contributed by atoms with E-state index in [2.05, 4.69) is 27.7 Å². The monoisotopic (exact) mass is 867 g/mol. The molecular formula is C58H78N2O4. The van der Waals surface area contributed by atoms with Crippen LogP contribution < -0.4 is 0 Å². The third-order valence-electron chi connectivity index (χ3n) is 15.0. The summed E-state index contributed by atoms with van der Waals surface area (Å²) in [6.45, 7) is 8.94. The zero-order valence-corrected chi connectivity index (χ0v) is 40.1. The highest BCUT2D eigenvalue weighted by molar-refractivity contribution is 6.41. The fourth-order valence-corrected chi connectivity index (χ4v) is 11.4. The Balaban J connectivity index is 1.19. The van der Waals surface area contributed by atoms with Crippen LogP contribution >= 0.6 is 0 Å². The highest BCUT2D eigenvalue weighted by Crippen LogP contribution is 2.47. The van der Waals surface area contributed by atoms with Gasteiger partial charge in [-0.05, 0) is 82.3 Å². The quantitative estimate of drug-likeness (QED) is 0.0199. The predicted molar refractivity (Wildman–Crippen MR) is 268 cm³/mol. The van der Waals surface area contributed by atoms with Crippen LogP contribution in [0.3, 0.4) is 0 Å². The first-order valence-corrected chi connectivity index (χ1v) is 26.3. The van der Waals surface area contributed by atoms with Crippen molar-refractivity contribution in [3.63, 3.8) is 0 Å². The van der Waals surface area contributed by atoms with Gasteiger partial charge in [0.05, 0.1) is 0 Å². The number of amides is 4. The van der Waals surface area contributed by atoms with Crippen molar-refractivity contribution < 1.29 is 19.2 Å². The molecule has 0 saturated carbocycles. The zero-order valence-electron chi connectivity index (χ0n) is 40.1. The summed E-state index contributed by atoms with van der Waals surface area (Å²) in [7, 11) is 0. The van der Waals surface area contributed by atoms with E-state index < -0.39 is 0 Å². The van der Waals surface area contributed by atoms with E-state index >= 15 is 0 Å². The Morgan fingerprint density at radius 2 is 0.516 bits per heavy atom. The Hall–Kier alpha value is -4.32. The molecule has 6 nitrogen and oxygen atoms in total. The van der Waals surface area contributed by atoms with Gasteiger partial charge in [0.1, 0.15) is 0 Å². The van der Waals surface area contributed by atoms with Crippen molar-refractivity contribution in [3.8, 4) is 0 Å². The molecule has 0 fully saturated rings. The van der Waals surface area contributed by atoms with Gasteiger partial charge < -0.3 is 0 Å². The summed E-state index contributed by atoms with van der Waals surface area (Å²) in [5.41, 5.74) is 2.39. The van der Waals surface area contributed by atoms with Crippen LogP contribution in [0.4, 0.5) is 0 Å². The van der Waals surface area contributed by atoms with Crippen LogP contribution in [0.5, 0.6) is 0 Å². The molecule has 4 amide bonds. The first kappa shape index (κ1) is 47.6. The lowest BCUT2D eigenvalue weighted by Gasteiger charge is -2.35. The number of hydrogen-bond acceptors (Lipinski definition) is 4. The Kier molecular flexibility index (Phi) is 17.3. The zero-order chi connectivity index (χ0) is 45.0. The molecule has 0 spiro atoms. The van der Waals surface area contributed by atoms with Gasteiger partial charge in [-0.25, -0.2) is 0 Å². The second-order valence-electron chi connectivity index (χ2n) is 19.6. The number of nitrogens with zero attached hydrogens (tertiary/aromatic N) is 2. The van der Waals surface area contributed by atoms with Gasteiger partial charge in [0, 0.05) is 45.1 Å². The smallest absolute Gasteiger partial charge is 0.261 e. The summed E-state index contributed by atoms with van der Waals surface area (Å²) in [6.07, 6.45) is 31.8. The largest absolute Gasteiger partial charge is 0.271 e. The number of hydrogen-bond donors (Lipinski definition) is 0. The Bertz CT molecular complexity index is 2090. The molecule has 2 aliphatic heterocycles. The van der Waals surface area contributed by atoms with Crippen LogP contribution in [0.2, 0.25) is 0 Å². The minimum Gasteiger partial charge on any atom is -0.271 e. The molecule has 5 aromatic carbocycles. The number of carbonyl (C=O) groups excluding carboxylic acids is 4. The average Bonchev–Trinajstić information content (AvgIpc) is 3.30. The summed E-state index contributed by atoms with van der Waals surface area (Å²) in [4.78, 5) is 62.1. The van der Waals surface area contributed by atoms with E-state index in [1.54, 1.807) is 9.80 Å². The maximum Gasteiger partial charge on any atom is 0.261 e. The lowest BCUT2D eigenvalue weighted by Crippen LogP contribution is -2.47. The fraction of sp³-hybridized carbons (Fsp3) is 0.586. The number of imide groups is 2. The van der Waals surface area contributed by atoms with Gasteiger partial charge in [-0.15, -0.1) is 0 Å². The normalized spacial score (nSPS) is 15.0. The van der Waals surface area contributed by atoms with E-state index in [4.69, 9.17) is 0 Å². The molecule has 5 aromatic rings. The topological polar surface area (TPSA) is 74.8 Å². The van der Waals surface area contributed by atoms with Crippen LogP contribution in [0.25, 0.3) is 43.1 Å². The molecule has 0 N–H and O–H groups in total. The molecule has 0 aliphatic carbocycles. The highest BCUT2D eigenvalue weighted by Gasteiger charge is 2.40. The molecule has 2 aliphatic rings. The van der Waals surface area contributed by atoms with Crippen molar-refractivity contribution in [2.24, 2.45) is 0 Å². The standard InChI is InChI=1S/C58H78N2O4/c1-5-9-13-17-19-21-23-27-31-41(29-25-15-11-7-3)59-55(61)47-37-33-43-45-35-39-49-54-50(40-36-46(52(45)54)44-34-38-48(56(59)62)53(47)51(43)44)58(64)60(57(49)63)42(30-26-16-12-8-4)32-28-24-22-20-18-14-10-6-2/h33-42H,5-32H2,1-4H3. The van der Waals surface area contributed by atoms with E-state index in [0.29, 0.717) is 22.3 Å². The van der Waals surface area contributed by atoms with Gasteiger partial charge >= 0.3 is 0 Å². The van der Waals surface area contributed by atoms with E-state index in [-0.39, 0.29) is 35.7 Å². The first-order valence-electron chi connectivity index (χ1n) is 26.3. The van der Waals surface area contributed by atoms with Gasteiger partial charge in [-0.3, -0.25) is 29.0 Å². The van der Waals surface area contributed by atoms with Crippen LogP contribution in [-0.2, 0) is 0 Å². The van der Waals surface area contributed by atoms with Crippen LogP contribution in [0, 0.1) is 0 Å². The number of fused-ring (bicyclic) bond motifs is 2. The third-order valence-corrected chi connectivity index (χ3v) is 15.0. The third kappa shape index (κ3) is 10.1. The van der Waals surface area contributed by atoms with Crippen LogP contribution in [0.1, 0.15) is 249 Å². The SMILES string of the molecule is CCCCCCCCCCC(CCCCCC)N1C(=O)c2ccc3c4ccc5c6c(ccc(c7ccc(c2c37)C1=O)c64)C(=O)N(C(CCCCCC)CCCCCCCCCC)C5=O. The predicted octanol–water partition coefficient (Wildman–Crippen LogP) is 16.7. The molecule has 7 rings (SSSR count). The molecule has 0 aromatic heterocycles. The van der Waals surface area contributed by atoms with Crippen molar-refractivity contribution in [1.82, 2.24) is 9.80 Å². The van der Waals surface area contributed by atoms with Gasteiger partial charge in [-0.1, -0.05) is 206 Å². The van der Waals surface area contributed by atoms with Crippen LogP contribution in [-0.4, -0.2) is 45.5 Å². The molecule has 0 saturated heterocycles. The van der Waals surface area contributed by atoms with Crippen molar-refractivity contribution in [2.75, 3.05) is 0 Å². The molecule has 2 unspecified atom stereocenters. The molecule has 6 heteroatoms. The summed E-state index contributed by atoms with van der Waals surface area (Å²) in [5, 5.41) is 7.10. The maximum atomic E-state index is 14.7. The second kappa shape index (κ2) is 23.2. The van der Waals surface area contributed by atoms with Crippen LogP contribution in [0.15, 0.2) is 48.5 Å². The summed E-state index contributed by atoms with van der Waals surface area (Å²) in [5.74, 6) is -0.704. The van der Waals surface area contributed by atoms with Crippen molar-refractivity contribution in [1.29, 1.82) is 0 Å².